The van der Waals surface area contributed by atoms with Crippen molar-refractivity contribution in [1.29, 1.82) is 0 Å². The first-order valence-corrected chi connectivity index (χ1v) is 10.3. The summed E-state index contributed by atoms with van der Waals surface area (Å²) in [4.78, 5) is 9.70. The summed E-state index contributed by atoms with van der Waals surface area (Å²) >= 11 is 12.4. The average molecular weight is 395 g/mol. The van der Waals surface area contributed by atoms with Gasteiger partial charge in [-0.3, -0.25) is 0 Å². The Morgan fingerprint density at radius 1 is 1.00 bits per heavy atom. The van der Waals surface area contributed by atoms with Crippen LogP contribution in [0.5, 0.6) is 5.88 Å². The van der Waals surface area contributed by atoms with E-state index < -0.39 is 0 Å². The zero-order chi connectivity index (χ0) is 19.1. The quantitative estimate of drug-likeness (QED) is 0.462. The molecule has 0 saturated carbocycles. The van der Waals surface area contributed by atoms with Gasteiger partial charge in [0.1, 0.15) is 11.8 Å². The molecule has 0 amide bonds. The van der Waals surface area contributed by atoms with Gasteiger partial charge in [-0.05, 0) is 43.9 Å². The molecule has 0 saturated heterocycles. The molecule has 1 aromatic heterocycles. The molecule has 0 fully saturated rings. The second kappa shape index (κ2) is 10.1. The Balaban J connectivity index is 2.44. The molecule has 1 heterocycles. The molecular formula is C21H28Cl2N2O. The van der Waals surface area contributed by atoms with Crippen LogP contribution in [0.25, 0.3) is 11.3 Å². The Kier molecular flexibility index (Phi) is 8.17. The standard InChI is InChI=1S/C21H28Cl2N2O/c1-5-9-10-15(6-2)26-21-19(8-4)24-20(18(7-3)25-21)16-12-11-14(22)13-17(16)23/h11-13,15H,5-10H2,1-4H3. The van der Waals surface area contributed by atoms with Crippen LogP contribution >= 0.6 is 23.2 Å². The number of unbranched alkanes of at least 4 members (excludes halogenated alkanes) is 1. The molecule has 3 nitrogen and oxygen atoms in total. The Labute approximate surface area is 167 Å². The molecule has 0 spiro atoms. The summed E-state index contributed by atoms with van der Waals surface area (Å²) < 4.78 is 6.24. The van der Waals surface area contributed by atoms with Crippen molar-refractivity contribution >= 4 is 23.2 Å². The minimum Gasteiger partial charge on any atom is -0.473 e. The van der Waals surface area contributed by atoms with E-state index in [9.17, 15) is 0 Å². The molecule has 2 rings (SSSR count). The Morgan fingerprint density at radius 2 is 1.73 bits per heavy atom. The fraction of sp³-hybridized carbons (Fsp3) is 0.524. The lowest BCUT2D eigenvalue weighted by Gasteiger charge is -2.20. The molecule has 0 bridgehead atoms. The minimum atomic E-state index is 0.184. The molecule has 0 radical (unpaired) electrons. The monoisotopic (exact) mass is 394 g/mol. The van der Waals surface area contributed by atoms with Crippen molar-refractivity contribution in [1.82, 2.24) is 9.97 Å². The Hall–Kier alpha value is -1.32. The Morgan fingerprint density at radius 3 is 2.31 bits per heavy atom. The largest absolute Gasteiger partial charge is 0.473 e. The van der Waals surface area contributed by atoms with Gasteiger partial charge in [0.05, 0.1) is 16.4 Å². The van der Waals surface area contributed by atoms with Crippen molar-refractivity contribution in [2.75, 3.05) is 0 Å². The summed E-state index contributed by atoms with van der Waals surface area (Å²) in [6.07, 6.45) is 6.04. The highest BCUT2D eigenvalue weighted by Gasteiger charge is 2.19. The van der Waals surface area contributed by atoms with Gasteiger partial charge in [-0.25, -0.2) is 9.97 Å². The van der Waals surface area contributed by atoms with E-state index in [1.165, 1.54) is 6.42 Å². The van der Waals surface area contributed by atoms with Crippen LogP contribution in [0.4, 0.5) is 0 Å². The van der Waals surface area contributed by atoms with Crippen LogP contribution < -0.4 is 4.74 Å². The van der Waals surface area contributed by atoms with E-state index in [4.69, 9.17) is 37.9 Å². The summed E-state index contributed by atoms with van der Waals surface area (Å²) in [5.74, 6) is 0.668. The van der Waals surface area contributed by atoms with E-state index in [1.54, 1.807) is 6.07 Å². The van der Waals surface area contributed by atoms with Gasteiger partial charge in [0.15, 0.2) is 0 Å². The molecule has 142 valence electrons. The molecule has 2 aromatic rings. The van der Waals surface area contributed by atoms with Gasteiger partial charge in [-0.1, -0.05) is 63.7 Å². The Bertz CT molecular complexity index is 734. The van der Waals surface area contributed by atoms with Crippen molar-refractivity contribution in [2.45, 2.75) is 72.3 Å². The summed E-state index contributed by atoms with van der Waals surface area (Å²) in [5.41, 5.74) is 3.45. The smallest absolute Gasteiger partial charge is 0.236 e. The van der Waals surface area contributed by atoms with Gasteiger partial charge in [0.25, 0.3) is 0 Å². The van der Waals surface area contributed by atoms with E-state index in [0.29, 0.717) is 15.9 Å². The first-order chi connectivity index (χ1) is 12.5. The van der Waals surface area contributed by atoms with E-state index in [0.717, 1.165) is 54.7 Å². The molecule has 0 aliphatic carbocycles. The average Bonchev–Trinajstić information content (AvgIpc) is 2.64. The SMILES string of the molecule is CCCCC(CC)Oc1nc(CC)c(-c2ccc(Cl)cc2Cl)nc1CC. The van der Waals surface area contributed by atoms with Gasteiger partial charge >= 0.3 is 0 Å². The number of nitrogens with zero attached hydrogens (tertiary/aromatic N) is 2. The van der Waals surface area contributed by atoms with Gasteiger partial charge in [-0.15, -0.1) is 0 Å². The van der Waals surface area contributed by atoms with Crippen molar-refractivity contribution in [3.63, 3.8) is 0 Å². The van der Waals surface area contributed by atoms with Crippen LogP contribution in [0.3, 0.4) is 0 Å². The van der Waals surface area contributed by atoms with E-state index in [-0.39, 0.29) is 6.10 Å². The maximum absolute atomic E-state index is 6.41. The molecule has 5 heteroatoms. The number of hydrogen-bond acceptors (Lipinski definition) is 3. The van der Waals surface area contributed by atoms with E-state index in [1.807, 2.05) is 12.1 Å². The second-order valence-corrected chi connectivity index (χ2v) is 7.24. The molecule has 26 heavy (non-hydrogen) atoms. The first-order valence-electron chi connectivity index (χ1n) is 9.55. The predicted octanol–water partition coefficient (Wildman–Crippen LogP) is 6.92. The molecule has 1 atom stereocenters. The van der Waals surface area contributed by atoms with Crippen LogP contribution in [0.1, 0.15) is 64.8 Å². The number of rotatable bonds is 9. The highest BCUT2D eigenvalue weighted by molar-refractivity contribution is 6.36. The zero-order valence-corrected chi connectivity index (χ0v) is 17.6. The summed E-state index contributed by atoms with van der Waals surface area (Å²) in [5, 5.41) is 1.20. The topological polar surface area (TPSA) is 35.0 Å². The summed E-state index contributed by atoms with van der Waals surface area (Å²) in [6.45, 7) is 8.50. The number of ether oxygens (including phenoxy) is 1. The van der Waals surface area contributed by atoms with E-state index in [2.05, 4.69) is 27.7 Å². The van der Waals surface area contributed by atoms with Gasteiger partial charge in [0, 0.05) is 10.6 Å². The number of halogens is 2. The molecular weight excluding hydrogens is 367 g/mol. The number of aryl methyl sites for hydroxylation is 2. The van der Waals surface area contributed by atoms with Crippen molar-refractivity contribution < 1.29 is 4.74 Å². The van der Waals surface area contributed by atoms with Gasteiger partial charge in [-0.2, -0.15) is 0 Å². The predicted molar refractivity (Wildman–Crippen MR) is 110 cm³/mol. The lowest BCUT2D eigenvalue weighted by molar-refractivity contribution is 0.173. The molecule has 0 N–H and O–H groups in total. The molecule has 0 aliphatic heterocycles. The normalized spacial score (nSPS) is 12.2. The van der Waals surface area contributed by atoms with Crippen molar-refractivity contribution in [2.24, 2.45) is 0 Å². The molecule has 0 aliphatic rings. The maximum Gasteiger partial charge on any atom is 0.236 e. The number of hydrogen-bond donors (Lipinski definition) is 0. The lowest BCUT2D eigenvalue weighted by Crippen LogP contribution is -2.18. The van der Waals surface area contributed by atoms with E-state index >= 15 is 0 Å². The second-order valence-electron chi connectivity index (χ2n) is 6.39. The van der Waals surface area contributed by atoms with Crippen LogP contribution in [0.2, 0.25) is 10.0 Å². The van der Waals surface area contributed by atoms with Crippen LogP contribution in [-0.2, 0) is 12.8 Å². The fourth-order valence-corrected chi connectivity index (χ4v) is 3.39. The van der Waals surface area contributed by atoms with Crippen molar-refractivity contribution in [3.8, 4) is 17.1 Å². The first kappa shape index (κ1) is 21.0. The van der Waals surface area contributed by atoms with Gasteiger partial charge < -0.3 is 4.74 Å². The summed E-state index contributed by atoms with van der Waals surface area (Å²) in [6, 6.07) is 5.48. The third-order valence-corrected chi connectivity index (χ3v) is 5.02. The van der Waals surface area contributed by atoms with Crippen LogP contribution in [-0.4, -0.2) is 16.1 Å². The fourth-order valence-electron chi connectivity index (χ4n) is 2.89. The van der Waals surface area contributed by atoms with Crippen LogP contribution in [0, 0.1) is 0 Å². The number of benzene rings is 1. The van der Waals surface area contributed by atoms with Gasteiger partial charge in [0.2, 0.25) is 5.88 Å². The molecule has 1 unspecified atom stereocenters. The summed E-state index contributed by atoms with van der Waals surface area (Å²) in [7, 11) is 0. The highest BCUT2D eigenvalue weighted by Crippen LogP contribution is 2.33. The third kappa shape index (κ3) is 5.11. The highest BCUT2D eigenvalue weighted by atomic mass is 35.5. The van der Waals surface area contributed by atoms with Crippen LogP contribution in [0.15, 0.2) is 18.2 Å². The number of aromatic nitrogens is 2. The maximum atomic E-state index is 6.41. The lowest BCUT2D eigenvalue weighted by atomic mass is 10.1. The minimum absolute atomic E-state index is 0.184. The zero-order valence-electron chi connectivity index (χ0n) is 16.1. The van der Waals surface area contributed by atoms with Crippen molar-refractivity contribution in [3.05, 3.63) is 39.6 Å². The third-order valence-electron chi connectivity index (χ3n) is 4.47. The molecule has 1 aromatic carbocycles.